The molecule has 0 bridgehead atoms. The van der Waals surface area contributed by atoms with Crippen molar-refractivity contribution in [2.24, 2.45) is 0 Å². The maximum atomic E-state index is 3.03. The van der Waals surface area contributed by atoms with Gasteiger partial charge in [0.2, 0.25) is 0 Å². The summed E-state index contributed by atoms with van der Waals surface area (Å²) >= 11 is 1.48. The summed E-state index contributed by atoms with van der Waals surface area (Å²) in [6.07, 6.45) is 1.94. The molecule has 76 valence electrons. The number of hydrogen-bond donors (Lipinski definition) is 0. The lowest BCUT2D eigenvalue weighted by atomic mass is 10.1. The largest absolute Gasteiger partial charge is 0.0775 e. The Balaban J connectivity index is 2.35. The van der Waals surface area contributed by atoms with E-state index in [2.05, 4.69) is 47.3 Å². The van der Waals surface area contributed by atoms with E-state index < -0.39 is 0 Å². The summed E-state index contributed by atoms with van der Waals surface area (Å²) in [6.45, 7) is 0. The number of thioether (sulfide) groups is 1. The highest BCUT2D eigenvalue weighted by Crippen LogP contribution is 2.14. The summed E-state index contributed by atoms with van der Waals surface area (Å²) in [5, 5.41) is 5.30. The van der Waals surface area contributed by atoms with Crippen LogP contribution in [0.4, 0.5) is 0 Å². The van der Waals surface area contributed by atoms with E-state index in [1.807, 2.05) is 24.5 Å². The van der Waals surface area contributed by atoms with Gasteiger partial charge in [0.05, 0.1) is 0 Å². The maximum absolute atomic E-state index is 3.03. The van der Waals surface area contributed by atoms with Crippen LogP contribution in [0.2, 0.25) is 0 Å². The van der Waals surface area contributed by atoms with Crippen molar-refractivity contribution in [1.82, 2.24) is 0 Å². The first-order valence-electron chi connectivity index (χ1n) is 4.93. The van der Waals surface area contributed by atoms with Crippen molar-refractivity contribution in [3.8, 4) is 23.0 Å². The van der Waals surface area contributed by atoms with Gasteiger partial charge in [-0.25, -0.2) is 0 Å². The number of benzene rings is 2. The second kappa shape index (κ2) is 5.31. The Morgan fingerprint density at radius 3 is 2.56 bits per heavy atom. The smallest absolute Gasteiger partial charge is 0.0261 e. The van der Waals surface area contributed by atoms with Crippen molar-refractivity contribution in [1.29, 1.82) is 0 Å². The van der Waals surface area contributed by atoms with Gasteiger partial charge in [-0.05, 0) is 46.3 Å². The van der Waals surface area contributed by atoms with Crippen LogP contribution in [0.15, 0.2) is 42.5 Å². The molecule has 0 spiro atoms. The molecule has 2 aromatic rings. The quantitative estimate of drug-likeness (QED) is 0.615. The van der Waals surface area contributed by atoms with Crippen molar-refractivity contribution < 1.29 is 0 Å². The van der Waals surface area contributed by atoms with Gasteiger partial charge in [0.15, 0.2) is 0 Å². The number of rotatable bonds is 0. The second-order valence-electron chi connectivity index (χ2n) is 3.24. The van der Waals surface area contributed by atoms with E-state index in [0.29, 0.717) is 0 Å². The highest BCUT2D eigenvalue weighted by atomic mass is 32.2. The highest BCUT2D eigenvalue weighted by molar-refractivity contribution is 8.03. The molecule has 0 heterocycles. The minimum Gasteiger partial charge on any atom is -0.0775 e. The van der Waals surface area contributed by atoms with Gasteiger partial charge >= 0.3 is 0 Å². The molecule has 0 radical (unpaired) electrons. The summed E-state index contributed by atoms with van der Waals surface area (Å²) in [5.74, 6) is 8.65. The van der Waals surface area contributed by atoms with Crippen LogP contribution < -0.4 is 0 Å². The van der Waals surface area contributed by atoms with E-state index >= 15 is 0 Å². The molecule has 0 aromatic heterocycles. The highest BCUT2D eigenvalue weighted by Gasteiger charge is 1.91. The fourth-order valence-electron chi connectivity index (χ4n) is 1.45. The van der Waals surface area contributed by atoms with Crippen molar-refractivity contribution >= 4 is 22.5 Å². The molecule has 0 unspecified atom stereocenters. The molecule has 0 atom stereocenters. The van der Waals surface area contributed by atoms with E-state index in [1.165, 1.54) is 22.5 Å². The van der Waals surface area contributed by atoms with Crippen LogP contribution in [-0.4, -0.2) is 6.26 Å². The summed E-state index contributed by atoms with van der Waals surface area (Å²) < 4.78 is 0. The molecule has 0 aliphatic heterocycles. The third-order valence-electron chi connectivity index (χ3n) is 2.17. The van der Waals surface area contributed by atoms with E-state index in [9.17, 15) is 0 Å². The lowest BCUT2D eigenvalue weighted by molar-refractivity contribution is 1.70. The molecule has 16 heavy (non-hydrogen) atoms. The summed E-state index contributed by atoms with van der Waals surface area (Å²) in [6, 6.07) is 14.5. The lowest BCUT2D eigenvalue weighted by Crippen LogP contribution is -1.75. The molecule has 0 nitrogen and oxygen atoms in total. The molecule has 2 rings (SSSR count). The summed E-state index contributed by atoms with van der Waals surface area (Å²) in [4.78, 5) is 0. The average molecular weight is 222 g/mol. The fourth-order valence-corrected chi connectivity index (χ4v) is 1.60. The van der Waals surface area contributed by atoms with E-state index in [-0.39, 0.29) is 0 Å². The molecule has 0 saturated heterocycles. The molecule has 0 aliphatic rings. The Bertz CT molecular complexity index is 618. The minimum absolute atomic E-state index is 1.01. The topological polar surface area (TPSA) is 0 Å². The maximum Gasteiger partial charge on any atom is 0.0261 e. The van der Waals surface area contributed by atoms with Crippen LogP contribution in [0.1, 0.15) is 5.56 Å². The zero-order valence-corrected chi connectivity index (χ0v) is 9.77. The van der Waals surface area contributed by atoms with Gasteiger partial charge < -0.3 is 0 Å². The summed E-state index contributed by atoms with van der Waals surface area (Å²) in [5.41, 5.74) is 1.01. The second-order valence-corrected chi connectivity index (χ2v) is 3.86. The van der Waals surface area contributed by atoms with Gasteiger partial charge in [-0.2, -0.15) is 0 Å². The molecule has 0 fully saturated rings. The predicted molar refractivity (Wildman–Crippen MR) is 72.1 cm³/mol. The van der Waals surface area contributed by atoms with E-state index in [4.69, 9.17) is 0 Å². The van der Waals surface area contributed by atoms with Gasteiger partial charge in [-0.15, -0.1) is 0 Å². The molecule has 1 heteroatoms. The molecular formula is C15H10S. The van der Waals surface area contributed by atoms with Gasteiger partial charge in [-0.3, -0.25) is 0 Å². The minimum atomic E-state index is 1.01. The van der Waals surface area contributed by atoms with Crippen LogP contribution in [0.5, 0.6) is 0 Å². The van der Waals surface area contributed by atoms with Gasteiger partial charge in [0.1, 0.15) is 0 Å². The molecular weight excluding hydrogens is 212 g/mol. The molecule has 2 aromatic carbocycles. The van der Waals surface area contributed by atoms with Crippen molar-refractivity contribution in [3.63, 3.8) is 0 Å². The van der Waals surface area contributed by atoms with Crippen LogP contribution in [-0.2, 0) is 0 Å². The zero-order valence-electron chi connectivity index (χ0n) is 8.95. The van der Waals surface area contributed by atoms with Crippen molar-refractivity contribution in [3.05, 3.63) is 48.0 Å². The average Bonchev–Trinajstić information content (AvgIpc) is 2.34. The summed E-state index contributed by atoms with van der Waals surface area (Å²) in [7, 11) is 0. The van der Waals surface area contributed by atoms with Crippen molar-refractivity contribution in [2.75, 3.05) is 6.26 Å². The van der Waals surface area contributed by atoms with Crippen LogP contribution >= 0.6 is 11.8 Å². The Morgan fingerprint density at radius 1 is 0.938 bits per heavy atom. The van der Waals surface area contributed by atoms with Crippen molar-refractivity contribution in [2.45, 2.75) is 0 Å². The van der Waals surface area contributed by atoms with Crippen LogP contribution in [0.25, 0.3) is 10.8 Å². The van der Waals surface area contributed by atoms with E-state index in [0.717, 1.165) is 5.56 Å². The predicted octanol–water partition coefficient (Wildman–Crippen LogP) is 3.52. The fraction of sp³-hybridized carbons (Fsp3) is 0.0667. The third-order valence-corrected chi connectivity index (χ3v) is 2.48. The Kier molecular flexibility index (Phi) is 3.54. The zero-order chi connectivity index (χ0) is 11.2. The van der Waals surface area contributed by atoms with Crippen LogP contribution in [0, 0.1) is 23.0 Å². The molecule has 0 N–H and O–H groups in total. The Labute approximate surface area is 100 Å². The number of hydrogen-bond acceptors (Lipinski definition) is 1. The molecule has 0 saturated carbocycles. The first-order chi connectivity index (χ1) is 7.90. The number of fused-ring (bicyclic) bond motifs is 1. The normalized spacial score (nSPS) is 8.81. The Morgan fingerprint density at radius 2 is 1.75 bits per heavy atom. The van der Waals surface area contributed by atoms with Crippen LogP contribution in [0.3, 0.4) is 0 Å². The van der Waals surface area contributed by atoms with Gasteiger partial charge in [0, 0.05) is 5.56 Å². The SMILES string of the molecule is CSC#CC#Cc1ccc2ccccc2c1. The molecule has 0 aliphatic carbocycles. The van der Waals surface area contributed by atoms with Gasteiger partial charge in [0.25, 0.3) is 0 Å². The first-order valence-corrected chi connectivity index (χ1v) is 6.15. The monoisotopic (exact) mass is 222 g/mol. The van der Waals surface area contributed by atoms with Gasteiger partial charge in [-0.1, -0.05) is 48.0 Å². The Hall–Kier alpha value is -1.83. The first kappa shape index (κ1) is 10.7. The lowest BCUT2D eigenvalue weighted by Gasteiger charge is -1.96. The van der Waals surface area contributed by atoms with E-state index in [1.54, 1.807) is 0 Å². The third kappa shape index (κ3) is 2.60. The molecule has 0 amide bonds. The standard InChI is InChI=1S/C15H10S/c1-16-11-5-4-6-13-9-10-14-7-2-3-8-15(14)12-13/h2-3,7-10,12H,1H3.